The van der Waals surface area contributed by atoms with Crippen molar-refractivity contribution in [2.45, 2.75) is 18.9 Å². The molecule has 2 N–H and O–H groups in total. The molecule has 1 heterocycles. The van der Waals surface area contributed by atoms with Crippen molar-refractivity contribution in [3.8, 4) is 5.75 Å². The van der Waals surface area contributed by atoms with Gasteiger partial charge >= 0.3 is 0 Å². The Morgan fingerprint density at radius 2 is 2.29 bits per heavy atom. The summed E-state index contributed by atoms with van der Waals surface area (Å²) >= 11 is 2.04. The standard InChI is InChI=1S/C9H9IN2O2/c10-8-7(14-5-1-2-5)4-3-6(12-8)9(11)13/h3-5H,1-2H2,(H2,11,13). The zero-order valence-corrected chi connectivity index (χ0v) is 9.52. The molecule has 1 fully saturated rings. The van der Waals surface area contributed by atoms with Gasteiger partial charge in [0.1, 0.15) is 9.39 Å². The lowest BCUT2D eigenvalue weighted by molar-refractivity contribution is 0.0995. The van der Waals surface area contributed by atoms with Crippen LogP contribution in [0.25, 0.3) is 0 Å². The number of nitrogens with zero attached hydrogens (tertiary/aromatic N) is 1. The maximum absolute atomic E-state index is 10.8. The number of amides is 1. The first-order chi connectivity index (χ1) is 6.66. The highest BCUT2D eigenvalue weighted by molar-refractivity contribution is 14.1. The molecule has 14 heavy (non-hydrogen) atoms. The maximum Gasteiger partial charge on any atom is 0.267 e. The van der Waals surface area contributed by atoms with Gasteiger partial charge in [-0.2, -0.15) is 0 Å². The van der Waals surface area contributed by atoms with Crippen LogP contribution in [0.2, 0.25) is 0 Å². The Morgan fingerprint density at radius 3 is 2.79 bits per heavy atom. The van der Waals surface area contributed by atoms with Gasteiger partial charge in [0.25, 0.3) is 5.91 Å². The van der Waals surface area contributed by atoms with Crippen molar-refractivity contribution in [2.24, 2.45) is 5.73 Å². The molecule has 5 heteroatoms. The molecule has 74 valence electrons. The van der Waals surface area contributed by atoms with E-state index in [1.807, 2.05) is 22.6 Å². The largest absolute Gasteiger partial charge is 0.488 e. The lowest BCUT2D eigenvalue weighted by Crippen LogP contribution is -2.14. The minimum absolute atomic E-state index is 0.276. The van der Waals surface area contributed by atoms with Crippen molar-refractivity contribution in [2.75, 3.05) is 0 Å². The first-order valence-corrected chi connectivity index (χ1v) is 5.37. The van der Waals surface area contributed by atoms with E-state index in [0.29, 0.717) is 9.80 Å². The number of rotatable bonds is 3. The summed E-state index contributed by atoms with van der Waals surface area (Å²) in [5, 5.41) is 0. The van der Waals surface area contributed by atoms with E-state index in [9.17, 15) is 4.79 Å². The van der Waals surface area contributed by atoms with Crippen LogP contribution in [0.15, 0.2) is 12.1 Å². The summed E-state index contributed by atoms with van der Waals surface area (Å²) in [6.07, 6.45) is 2.55. The lowest BCUT2D eigenvalue weighted by Gasteiger charge is -2.06. The summed E-state index contributed by atoms with van der Waals surface area (Å²) in [6.45, 7) is 0. The second-order valence-electron chi connectivity index (χ2n) is 3.17. The monoisotopic (exact) mass is 304 g/mol. The van der Waals surface area contributed by atoms with E-state index >= 15 is 0 Å². The van der Waals surface area contributed by atoms with Gasteiger partial charge < -0.3 is 10.5 Å². The third-order valence-electron chi connectivity index (χ3n) is 1.88. The molecule has 0 bridgehead atoms. The molecule has 2 rings (SSSR count). The molecule has 0 atom stereocenters. The van der Waals surface area contributed by atoms with Crippen LogP contribution in [0.4, 0.5) is 0 Å². The van der Waals surface area contributed by atoms with E-state index < -0.39 is 5.91 Å². The number of carbonyl (C=O) groups excluding carboxylic acids is 1. The Kier molecular flexibility index (Phi) is 2.58. The highest BCUT2D eigenvalue weighted by Crippen LogP contribution is 2.29. The molecule has 1 aliphatic rings. The van der Waals surface area contributed by atoms with Crippen molar-refractivity contribution in [3.05, 3.63) is 21.5 Å². The fourth-order valence-electron chi connectivity index (χ4n) is 1.01. The molecular weight excluding hydrogens is 295 g/mol. The fraction of sp³-hybridized carbons (Fsp3) is 0.333. The second kappa shape index (κ2) is 3.72. The molecule has 0 aliphatic heterocycles. The van der Waals surface area contributed by atoms with E-state index in [2.05, 4.69) is 4.98 Å². The average molecular weight is 304 g/mol. The second-order valence-corrected chi connectivity index (χ2v) is 4.19. The van der Waals surface area contributed by atoms with Crippen LogP contribution in [-0.4, -0.2) is 17.0 Å². The number of hydrogen-bond donors (Lipinski definition) is 1. The van der Waals surface area contributed by atoms with E-state index in [-0.39, 0.29) is 5.69 Å². The van der Waals surface area contributed by atoms with Gasteiger partial charge in [0.15, 0.2) is 5.75 Å². The Hall–Kier alpha value is -0.850. The SMILES string of the molecule is NC(=O)c1ccc(OC2CC2)c(I)n1. The predicted octanol–water partition coefficient (Wildman–Crippen LogP) is 1.33. The molecule has 0 unspecified atom stereocenters. The zero-order valence-electron chi connectivity index (χ0n) is 7.37. The number of pyridine rings is 1. The van der Waals surface area contributed by atoms with Gasteiger partial charge in [-0.3, -0.25) is 4.79 Å². The molecule has 0 aromatic carbocycles. The van der Waals surface area contributed by atoms with Crippen molar-refractivity contribution < 1.29 is 9.53 Å². The van der Waals surface area contributed by atoms with Crippen LogP contribution in [0.1, 0.15) is 23.3 Å². The predicted molar refractivity (Wildman–Crippen MR) is 59.1 cm³/mol. The van der Waals surface area contributed by atoms with Crippen LogP contribution < -0.4 is 10.5 Å². The maximum atomic E-state index is 10.8. The first-order valence-electron chi connectivity index (χ1n) is 4.30. The number of primary amides is 1. The molecule has 0 spiro atoms. The topological polar surface area (TPSA) is 65.2 Å². The highest BCUT2D eigenvalue weighted by atomic mass is 127. The van der Waals surface area contributed by atoms with Crippen LogP contribution in [-0.2, 0) is 0 Å². The van der Waals surface area contributed by atoms with Crippen molar-refractivity contribution >= 4 is 28.5 Å². The Bertz CT molecular complexity index is 377. The molecule has 1 aliphatic carbocycles. The average Bonchev–Trinajstić information content (AvgIpc) is 2.92. The van der Waals surface area contributed by atoms with Crippen molar-refractivity contribution in [1.82, 2.24) is 4.98 Å². The van der Waals surface area contributed by atoms with Crippen molar-refractivity contribution in [1.29, 1.82) is 0 Å². The van der Waals surface area contributed by atoms with Gasteiger partial charge in [-0.05, 0) is 47.6 Å². The minimum Gasteiger partial charge on any atom is -0.488 e. The van der Waals surface area contributed by atoms with E-state index in [4.69, 9.17) is 10.5 Å². The number of aromatic nitrogens is 1. The first kappa shape index (κ1) is 9.70. The van der Waals surface area contributed by atoms with Crippen LogP contribution in [0.5, 0.6) is 5.75 Å². The molecule has 1 aromatic rings. The van der Waals surface area contributed by atoms with E-state index in [1.54, 1.807) is 12.1 Å². The summed E-state index contributed by atoms with van der Waals surface area (Å²) in [7, 11) is 0. The molecular formula is C9H9IN2O2. The zero-order chi connectivity index (χ0) is 10.1. The minimum atomic E-state index is -0.513. The van der Waals surface area contributed by atoms with Crippen molar-refractivity contribution in [3.63, 3.8) is 0 Å². The highest BCUT2D eigenvalue weighted by Gasteiger charge is 2.24. The van der Waals surface area contributed by atoms with Gasteiger partial charge in [0.2, 0.25) is 0 Å². The summed E-state index contributed by atoms with van der Waals surface area (Å²) in [5.74, 6) is 0.221. The third kappa shape index (κ3) is 2.14. The molecule has 1 saturated carbocycles. The lowest BCUT2D eigenvalue weighted by atomic mass is 10.3. The number of halogens is 1. The molecule has 4 nitrogen and oxygen atoms in total. The van der Waals surface area contributed by atoms with E-state index in [1.165, 1.54) is 0 Å². The molecule has 1 aromatic heterocycles. The van der Waals surface area contributed by atoms with Gasteiger partial charge in [0.05, 0.1) is 6.10 Å². The van der Waals surface area contributed by atoms with Gasteiger partial charge in [-0.1, -0.05) is 0 Å². The Balaban J connectivity index is 2.21. The molecule has 1 amide bonds. The molecule has 0 radical (unpaired) electrons. The quantitative estimate of drug-likeness (QED) is 0.677. The van der Waals surface area contributed by atoms with Crippen LogP contribution >= 0.6 is 22.6 Å². The van der Waals surface area contributed by atoms with Gasteiger partial charge in [-0.25, -0.2) is 4.98 Å². The smallest absolute Gasteiger partial charge is 0.267 e. The number of hydrogen-bond acceptors (Lipinski definition) is 3. The third-order valence-corrected chi connectivity index (χ3v) is 2.66. The number of nitrogens with two attached hydrogens (primary N) is 1. The normalized spacial score (nSPS) is 15.2. The van der Waals surface area contributed by atoms with Crippen LogP contribution in [0.3, 0.4) is 0 Å². The number of ether oxygens (including phenoxy) is 1. The molecule has 0 saturated heterocycles. The van der Waals surface area contributed by atoms with E-state index in [0.717, 1.165) is 18.6 Å². The Labute approximate surface area is 95.0 Å². The Morgan fingerprint density at radius 1 is 1.57 bits per heavy atom. The van der Waals surface area contributed by atoms with Gasteiger partial charge in [-0.15, -0.1) is 0 Å². The summed E-state index contributed by atoms with van der Waals surface area (Å²) in [5.41, 5.74) is 5.38. The summed E-state index contributed by atoms with van der Waals surface area (Å²) in [6, 6.07) is 3.33. The van der Waals surface area contributed by atoms with Crippen LogP contribution in [0, 0.1) is 3.70 Å². The summed E-state index contributed by atoms with van der Waals surface area (Å²) < 4.78 is 6.25. The summed E-state index contributed by atoms with van der Waals surface area (Å²) in [4.78, 5) is 14.9. The fourth-order valence-corrected chi connectivity index (χ4v) is 1.58. The number of carbonyl (C=O) groups is 1. The van der Waals surface area contributed by atoms with Gasteiger partial charge in [0, 0.05) is 0 Å².